The molecule has 1 heterocycles. The van der Waals surface area contributed by atoms with Gasteiger partial charge < -0.3 is 19.3 Å². The maximum absolute atomic E-state index is 12.1. The molecule has 0 aliphatic carbocycles. The average Bonchev–Trinajstić information content (AvgIpc) is 3.16. The molecule has 8 nitrogen and oxygen atoms in total. The van der Waals surface area contributed by atoms with Crippen LogP contribution in [0.2, 0.25) is 0 Å². The monoisotopic (exact) mass is 382 g/mol. The van der Waals surface area contributed by atoms with Crippen LogP contribution in [0.25, 0.3) is 11.4 Å². The van der Waals surface area contributed by atoms with Crippen LogP contribution in [-0.4, -0.2) is 48.8 Å². The Labute approximate surface area is 163 Å². The molecule has 0 bridgehead atoms. The van der Waals surface area contributed by atoms with Gasteiger partial charge in [-0.15, -0.1) is 0 Å². The molecule has 2 aromatic carbocycles. The zero-order valence-electron chi connectivity index (χ0n) is 16.0. The quantitative estimate of drug-likeness (QED) is 0.641. The normalized spacial score (nSPS) is 10.7. The standard InChI is InChI=1S/C20H22N4O4/c1-24(12-18(25)21-14-7-5-4-6-8-14)13-19-22-20(23-28-19)16-10-9-15(26-2)11-17(16)27-3/h4-11H,12-13H2,1-3H3,(H,21,25). The molecule has 0 saturated heterocycles. The van der Waals surface area contributed by atoms with Gasteiger partial charge in [-0.05, 0) is 31.3 Å². The number of hydrogen-bond donors (Lipinski definition) is 1. The molecule has 0 saturated carbocycles. The van der Waals surface area contributed by atoms with E-state index in [1.54, 1.807) is 31.3 Å². The van der Waals surface area contributed by atoms with Crippen LogP contribution in [0, 0.1) is 0 Å². The fraction of sp³-hybridized carbons (Fsp3) is 0.250. The SMILES string of the molecule is COc1ccc(-c2noc(CN(C)CC(=O)Nc3ccccc3)n2)c(OC)c1. The van der Waals surface area contributed by atoms with Crippen molar-refractivity contribution in [2.45, 2.75) is 6.54 Å². The van der Waals surface area contributed by atoms with Crippen LogP contribution < -0.4 is 14.8 Å². The minimum absolute atomic E-state index is 0.120. The first-order valence-electron chi connectivity index (χ1n) is 8.67. The number of rotatable bonds is 8. The number of likely N-dealkylation sites (N-methyl/N-ethyl adjacent to an activating group) is 1. The van der Waals surface area contributed by atoms with Crippen molar-refractivity contribution < 1.29 is 18.8 Å². The van der Waals surface area contributed by atoms with E-state index >= 15 is 0 Å². The third kappa shape index (κ3) is 4.86. The number of anilines is 1. The Morgan fingerprint density at radius 1 is 1.14 bits per heavy atom. The van der Waals surface area contributed by atoms with Gasteiger partial charge in [0, 0.05) is 11.8 Å². The van der Waals surface area contributed by atoms with Crippen molar-refractivity contribution in [3.63, 3.8) is 0 Å². The van der Waals surface area contributed by atoms with Gasteiger partial charge in [0.25, 0.3) is 0 Å². The largest absolute Gasteiger partial charge is 0.497 e. The van der Waals surface area contributed by atoms with E-state index in [4.69, 9.17) is 14.0 Å². The highest BCUT2D eigenvalue weighted by molar-refractivity contribution is 5.92. The summed E-state index contributed by atoms with van der Waals surface area (Å²) in [6, 6.07) is 14.7. The summed E-state index contributed by atoms with van der Waals surface area (Å²) in [4.78, 5) is 18.3. The lowest BCUT2D eigenvalue weighted by molar-refractivity contribution is -0.117. The van der Waals surface area contributed by atoms with Gasteiger partial charge in [0.1, 0.15) is 11.5 Å². The number of nitrogens with one attached hydrogen (secondary N) is 1. The number of aromatic nitrogens is 2. The lowest BCUT2D eigenvalue weighted by atomic mass is 10.2. The fourth-order valence-corrected chi connectivity index (χ4v) is 2.67. The molecule has 0 aliphatic heterocycles. The second-order valence-corrected chi connectivity index (χ2v) is 6.16. The first kappa shape index (κ1) is 19.4. The van der Waals surface area contributed by atoms with E-state index < -0.39 is 0 Å². The number of amides is 1. The van der Waals surface area contributed by atoms with Crippen molar-refractivity contribution in [2.75, 3.05) is 33.1 Å². The summed E-state index contributed by atoms with van der Waals surface area (Å²) in [5, 5.41) is 6.86. The van der Waals surface area contributed by atoms with E-state index in [0.717, 1.165) is 5.69 Å². The van der Waals surface area contributed by atoms with Crippen molar-refractivity contribution in [1.82, 2.24) is 15.0 Å². The molecule has 0 aliphatic rings. The predicted molar refractivity (Wildman–Crippen MR) is 104 cm³/mol. The Kier molecular flexibility index (Phi) is 6.23. The van der Waals surface area contributed by atoms with Gasteiger partial charge in [-0.1, -0.05) is 23.4 Å². The first-order chi connectivity index (χ1) is 13.6. The lowest BCUT2D eigenvalue weighted by Gasteiger charge is -2.13. The molecule has 0 atom stereocenters. The van der Waals surface area contributed by atoms with Gasteiger partial charge in [-0.2, -0.15) is 4.98 Å². The summed E-state index contributed by atoms with van der Waals surface area (Å²) >= 11 is 0. The van der Waals surface area contributed by atoms with Crippen molar-refractivity contribution in [1.29, 1.82) is 0 Å². The van der Waals surface area contributed by atoms with E-state index in [-0.39, 0.29) is 12.5 Å². The number of methoxy groups -OCH3 is 2. The number of ether oxygens (including phenoxy) is 2. The highest BCUT2D eigenvalue weighted by Crippen LogP contribution is 2.31. The van der Waals surface area contributed by atoms with E-state index in [1.807, 2.05) is 43.4 Å². The van der Waals surface area contributed by atoms with Crippen LogP contribution in [0.3, 0.4) is 0 Å². The van der Waals surface area contributed by atoms with Crippen LogP contribution in [-0.2, 0) is 11.3 Å². The number of carbonyl (C=O) groups excluding carboxylic acids is 1. The molecule has 8 heteroatoms. The topological polar surface area (TPSA) is 89.7 Å². The van der Waals surface area contributed by atoms with Crippen LogP contribution in [0.1, 0.15) is 5.89 Å². The lowest BCUT2D eigenvalue weighted by Crippen LogP contribution is -2.29. The summed E-state index contributed by atoms with van der Waals surface area (Å²) in [5.41, 5.74) is 1.45. The molecule has 0 fully saturated rings. The number of para-hydroxylation sites is 1. The molecule has 3 rings (SSSR count). The first-order valence-corrected chi connectivity index (χ1v) is 8.67. The molecule has 0 radical (unpaired) electrons. The van der Waals surface area contributed by atoms with E-state index in [1.165, 1.54) is 0 Å². The van der Waals surface area contributed by atoms with Crippen molar-refractivity contribution in [3.05, 3.63) is 54.4 Å². The number of benzene rings is 2. The van der Waals surface area contributed by atoms with Crippen molar-refractivity contribution in [2.24, 2.45) is 0 Å². The van der Waals surface area contributed by atoms with Crippen LogP contribution in [0.5, 0.6) is 11.5 Å². The smallest absolute Gasteiger partial charge is 0.241 e. The summed E-state index contributed by atoms with van der Waals surface area (Å²) in [5.74, 6) is 1.96. The van der Waals surface area contributed by atoms with Crippen molar-refractivity contribution >= 4 is 11.6 Å². The fourth-order valence-electron chi connectivity index (χ4n) is 2.67. The Bertz CT molecular complexity index is 927. The molecular weight excluding hydrogens is 360 g/mol. The second kappa shape index (κ2) is 9.01. The van der Waals surface area contributed by atoms with Gasteiger partial charge >= 0.3 is 0 Å². The van der Waals surface area contributed by atoms with Crippen LogP contribution >= 0.6 is 0 Å². The van der Waals surface area contributed by atoms with E-state index in [2.05, 4.69) is 15.5 Å². The average molecular weight is 382 g/mol. The van der Waals surface area contributed by atoms with Gasteiger partial charge in [0.15, 0.2) is 0 Å². The number of hydrogen-bond acceptors (Lipinski definition) is 7. The van der Waals surface area contributed by atoms with Crippen LogP contribution in [0.15, 0.2) is 53.1 Å². The molecular formula is C20H22N4O4. The van der Waals surface area contributed by atoms with Gasteiger partial charge in [-0.25, -0.2) is 0 Å². The Morgan fingerprint density at radius 3 is 2.64 bits per heavy atom. The number of nitrogens with zero attached hydrogens (tertiary/aromatic N) is 3. The molecule has 28 heavy (non-hydrogen) atoms. The maximum Gasteiger partial charge on any atom is 0.241 e. The second-order valence-electron chi connectivity index (χ2n) is 6.16. The Balaban J connectivity index is 1.62. The highest BCUT2D eigenvalue weighted by atomic mass is 16.5. The molecule has 1 aromatic heterocycles. The third-order valence-corrected chi connectivity index (χ3v) is 3.99. The minimum Gasteiger partial charge on any atom is -0.497 e. The van der Waals surface area contributed by atoms with Gasteiger partial charge in [0.05, 0.1) is 32.9 Å². The van der Waals surface area contributed by atoms with Gasteiger partial charge in [0.2, 0.25) is 17.6 Å². The molecule has 146 valence electrons. The van der Waals surface area contributed by atoms with Crippen LogP contribution in [0.4, 0.5) is 5.69 Å². The Morgan fingerprint density at radius 2 is 1.93 bits per heavy atom. The Hall–Kier alpha value is -3.39. The van der Waals surface area contributed by atoms with Gasteiger partial charge in [-0.3, -0.25) is 9.69 Å². The molecule has 0 unspecified atom stereocenters. The molecule has 0 spiro atoms. The minimum atomic E-state index is -0.120. The van der Waals surface area contributed by atoms with E-state index in [0.29, 0.717) is 35.3 Å². The summed E-state index contributed by atoms with van der Waals surface area (Å²) < 4.78 is 15.9. The molecule has 1 amide bonds. The number of carbonyl (C=O) groups is 1. The van der Waals surface area contributed by atoms with Crippen molar-refractivity contribution in [3.8, 4) is 22.9 Å². The summed E-state index contributed by atoms with van der Waals surface area (Å²) in [7, 11) is 4.96. The molecule has 1 N–H and O–H groups in total. The zero-order valence-corrected chi connectivity index (χ0v) is 16.0. The summed E-state index contributed by atoms with van der Waals surface area (Å²) in [6.45, 7) is 0.534. The zero-order chi connectivity index (χ0) is 19.9. The highest BCUT2D eigenvalue weighted by Gasteiger charge is 2.16. The molecule has 3 aromatic rings. The summed E-state index contributed by atoms with van der Waals surface area (Å²) in [6.07, 6.45) is 0. The maximum atomic E-state index is 12.1. The third-order valence-electron chi connectivity index (χ3n) is 3.99. The predicted octanol–water partition coefficient (Wildman–Crippen LogP) is 2.82. The van der Waals surface area contributed by atoms with E-state index in [9.17, 15) is 4.79 Å².